The van der Waals surface area contributed by atoms with Crippen LogP contribution in [0.3, 0.4) is 0 Å². The second kappa shape index (κ2) is 3.83. The summed E-state index contributed by atoms with van der Waals surface area (Å²) in [7, 11) is 0. The molecular weight excluding hydrogens is 196 g/mol. The van der Waals surface area contributed by atoms with Gasteiger partial charge in [0.1, 0.15) is 0 Å². The van der Waals surface area contributed by atoms with Crippen molar-refractivity contribution in [1.82, 2.24) is 10.2 Å². The molecule has 1 aromatic rings. The van der Waals surface area contributed by atoms with Crippen LogP contribution in [0.2, 0.25) is 0 Å². The maximum absolute atomic E-state index is 4.43. The molecule has 0 fully saturated rings. The maximum atomic E-state index is 4.43. The van der Waals surface area contributed by atoms with Crippen molar-refractivity contribution in [3.8, 4) is 0 Å². The van der Waals surface area contributed by atoms with Crippen molar-refractivity contribution >= 4 is 0 Å². The fraction of sp³-hybridized carbons (Fsp3) is 0.714. The van der Waals surface area contributed by atoms with Crippen molar-refractivity contribution in [1.29, 1.82) is 0 Å². The zero-order valence-corrected chi connectivity index (χ0v) is 11.9. The van der Waals surface area contributed by atoms with E-state index in [1.165, 1.54) is 11.1 Å². The van der Waals surface area contributed by atoms with Gasteiger partial charge in [0.2, 0.25) is 0 Å². The Morgan fingerprint density at radius 2 is 0.875 bits per heavy atom. The molecule has 0 atom stereocenters. The van der Waals surface area contributed by atoms with Crippen molar-refractivity contribution in [2.24, 2.45) is 0 Å². The highest BCUT2D eigenvalue weighted by molar-refractivity contribution is 5.36. The first-order chi connectivity index (χ1) is 7.05. The molecule has 0 saturated heterocycles. The number of aromatic nitrogens is 2. The monoisotopic (exact) mass is 220 g/mol. The largest absolute Gasteiger partial charge is 0.155 e. The Labute approximate surface area is 99.5 Å². The van der Waals surface area contributed by atoms with Crippen LogP contribution in [0.4, 0.5) is 0 Å². The van der Waals surface area contributed by atoms with Gasteiger partial charge in [0.15, 0.2) is 0 Å². The predicted octanol–water partition coefficient (Wildman–Crippen LogP) is 3.69. The third kappa shape index (κ3) is 2.42. The lowest BCUT2D eigenvalue weighted by atomic mass is 9.83. The molecule has 0 aliphatic heterocycles. The van der Waals surface area contributed by atoms with Crippen LogP contribution in [-0.2, 0) is 10.8 Å². The molecular formula is C14H24N2. The average Bonchev–Trinajstić information content (AvgIpc) is 2.05. The van der Waals surface area contributed by atoms with Crippen molar-refractivity contribution < 1.29 is 0 Å². The second-order valence-electron chi connectivity index (χ2n) is 6.65. The third-order valence-electron chi connectivity index (χ3n) is 2.94. The summed E-state index contributed by atoms with van der Waals surface area (Å²) >= 11 is 0. The van der Waals surface area contributed by atoms with Gasteiger partial charge in [-0.25, -0.2) is 0 Å². The number of hydrogen-bond donors (Lipinski definition) is 0. The van der Waals surface area contributed by atoms with E-state index in [9.17, 15) is 0 Å². The van der Waals surface area contributed by atoms with Gasteiger partial charge < -0.3 is 0 Å². The molecule has 0 unspecified atom stereocenters. The highest BCUT2D eigenvalue weighted by atomic mass is 15.1. The second-order valence-corrected chi connectivity index (χ2v) is 6.65. The molecule has 1 heterocycles. The van der Waals surface area contributed by atoms with Gasteiger partial charge in [0.25, 0.3) is 0 Å². The molecule has 0 aliphatic carbocycles. The lowest BCUT2D eigenvalue weighted by Crippen LogP contribution is -2.23. The maximum Gasteiger partial charge on any atom is 0.0716 e. The Balaban J connectivity index is 3.41. The van der Waals surface area contributed by atoms with E-state index < -0.39 is 0 Å². The first kappa shape index (κ1) is 13.1. The van der Waals surface area contributed by atoms with Gasteiger partial charge in [-0.1, -0.05) is 41.5 Å². The highest BCUT2D eigenvalue weighted by Crippen LogP contribution is 2.30. The molecule has 0 aromatic carbocycles. The van der Waals surface area contributed by atoms with Crippen LogP contribution in [-0.4, -0.2) is 10.2 Å². The van der Waals surface area contributed by atoms with E-state index in [1.807, 2.05) is 0 Å². The molecule has 0 radical (unpaired) electrons. The van der Waals surface area contributed by atoms with Gasteiger partial charge in [-0.2, -0.15) is 10.2 Å². The molecule has 0 N–H and O–H groups in total. The molecule has 0 bridgehead atoms. The fourth-order valence-electron chi connectivity index (χ4n) is 2.03. The van der Waals surface area contributed by atoms with Crippen molar-refractivity contribution in [3.63, 3.8) is 0 Å². The molecule has 16 heavy (non-hydrogen) atoms. The van der Waals surface area contributed by atoms with E-state index in [0.29, 0.717) is 0 Å². The SMILES string of the molecule is Cc1c(C(C)(C)C)nnc(C(C)(C)C)c1C. The normalized spacial score (nSPS) is 13.0. The van der Waals surface area contributed by atoms with Gasteiger partial charge in [0, 0.05) is 10.8 Å². The van der Waals surface area contributed by atoms with Crippen molar-refractivity contribution in [2.45, 2.75) is 66.2 Å². The molecule has 0 amide bonds. The molecule has 1 aromatic heterocycles. The van der Waals surface area contributed by atoms with Crippen LogP contribution in [0.15, 0.2) is 0 Å². The lowest BCUT2D eigenvalue weighted by Gasteiger charge is -2.25. The highest BCUT2D eigenvalue weighted by Gasteiger charge is 2.25. The summed E-state index contributed by atoms with van der Waals surface area (Å²) in [6.07, 6.45) is 0. The van der Waals surface area contributed by atoms with Crippen LogP contribution in [0, 0.1) is 13.8 Å². The number of hydrogen-bond acceptors (Lipinski definition) is 2. The summed E-state index contributed by atoms with van der Waals surface area (Å²) in [5.41, 5.74) is 4.92. The lowest BCUT2D eigenvalue weighted by molar-refractivity contribution is 0.518. The molecule has 1 rings (SSSR count). The standard InChI is InChI=1S/C14H24N2/c1-9-10(2)12(14(6,7)8)16-15-11(9)13(3,4)5/h1-8H3. The number of rotatable bonds is 0. The summed E-state index contributed by atoms with van der Waals surface area (Å²) in [6, 6.07) is 0. The minimum absolute atomic E-state index is 0.0677. The average molecular weight is 220 g/mol. The molecule has 90 valence electrons. The van der Waals surface area contributed by atoms with Crippen LogP contribution in [0.1, 0.15) is 64.1 Å². The molecule has 0 saturated carbocycles. The third-order valence-corrected chi connectivity index (χ3v) is 2.94. The predicted molar refractivity (Wildman–Crippen MR) is 68.9 cm³/mol. The van der Waals surface area contributed by atoms with Crippen LogP contribution in [0.25, 0.3) is 0 Å². The Hall–Kier alpha value is -0.920. The van der Waals surface area contributed by atoms with E-state index in [4.69, 9.17) is 0 Å². The van der Waals surface area contributed by atoms with E-state index in [0.717, 1.165) is 11.4 Å². The van der Waals surface area contributed by atoms with Gasteiger partial charge in [0.05, 0.1) is 11.4 Å². The summed E-state index contributed by atoms with van der Waals surface area (Å²) in [5.74, 6) is 0. The zero-order chi connectivity index (χ0) is 12.7. The first-order valence-electron chi connectivity index (χ1n) is 5.90. The van der Waals surface area contributed by atoms with E-state index in [1.54, 1.807) is 0 Å². The summed E-state index contributed by atoms with van der Waals surface area (Å²) in [5, 5.41) is 8.85. The summed E-state index contributed by atoms with van der Waals surface area (Å²) in [4.78, 5) is 0. The van der Waals surface area contributed by atoms with Crippen LogP contribution < -0.4 is 0 Å². The quantitative estimate of drug-likeness (QED) is 0.666. The van der Waals surface area contributed by atoms with Gasteiger partial charge >= 0.3 is 0 Å². The zero-order valence-electron chi connectivity index (χ0n) is 11.9. The van der Waals surface area contributed by atoms with Crippen molar-refractivity contribution in [3.05, 3.63) is 22.5 Å². The van der Waals surface area contributed by atoms with Gasteiger partial charge in [-0.15, -0.1) is 0 Å². The van der Waals surface area contributed by atoms with Crippen LogP contribution in [0.5, 0.6) is 0 Å². The minimum Gasteiger partial charge on any atom is -0.155 e. The molecule has 2 nitrogen and oxygen atoms in total. The van der Waals surface area contributed by atoms with E-state index >= 15 is 0 Å². The Bertz CT molecular complexity index is 353. The Morgan fingerprint density at radius 1 is 0.625 bits per heavy atom. The van der Waals surface area contributed by atoms with E-state index in [2.05, 4.69) is 65.6 Å². The minimum atomic E-state index is 0.0677. The van der Waals surface area contributed by atoms with Gasteiger partial charge in [-0.3, -0.25) is 0 Å². The first-order valence-corrected chi connectivity index (χ1v) is 5.90. The number of nitrogens with zero attached hydrogens (tertiary/aromatic N) is 2. The smallest absolute Gasteiger partial charge is 0.0716 e. The fourth-order valence-corrected chi connectivity index (χ4v) is 2.03. The molecule has 0 aliphatic rings. The van der Waals surface area contributed by atoms with Crippen LogP contribution >= 0.6 is 0 Å². The van der Waals surface area contributed by atoms with Gasteiger partial charge in [-0.05, 0) is 25.0 Å². The topological polar surface area (TPSA) is 25.8 Å². The Kier molecular flexibility index (Phi) is 3.15. The Morgan fingerprint density at radius 3 is 1.06 bits per heavy atom. The summed E-state index contributed by atoms with van der Waals surface area (Å²) < 4.78 is 0. The summed E-state index contributed by atoms with van der Waals surface area (Å²) in [6.45, 7) is 17.4. The van der Waals surface area contributed by atoms with E-state index in [-0.39, 0.29) is 10.8 Å². The van der Waals surface area contributed by atoms with Crippen molar-refractivity contribution in [2.75, 3.05) is 0 Å². The molecule has 2 heteroatoms. The molecule has 0 spiro atoms.